The van der Waals surface area contributed by atoms with Gasteiger partial charge < -0.3 is 24.8 Å². The lowest BCUT2D eigenvalue weighted by molar-refractivity contribution is 0.0126. The number of carbonyl (C=O) groups excluding carboxylic acids is 2. The summed E-state index contributed by atoms with van der Waals surface area (Å²) in [5.41, 5.74) is 2.50. The van der Waals surface area contributed by atoms with Crippen molar-refractivity contribution < 1.29 is 29.0 Å². The lowest BCUT2D eigenvalue weighted by Crippen LogP contribution is -2.44. The number of benzene rings is 3. The number of hydrogen-bond donors (Lipinski definition) is 2. The first kappa shape index (κ1) is 27.7. The Balaban J connectivity index is 1.46. The van der Waals surface area contributed by atoms with E-state index in [1.54, 1.807) is 29.2 Å². The molecule has 0 bridgehead atoms. The first-order chi connectivity index (χ1) is 18.5. The Morgan fingerprint density at radius 2 is 1.59 bits per heavy atom. The Labute approximate surface area is 228 Å². The van der Waals surface area contributed by atoms with Gasteiger partial charge in [0, 0.05) is 31.5 Å². The van der Waals surface area contributed by atoms with Crippen molar-refractivity contribution in [1.29, 1.82) is 0 Å². The maximum Gasteiger partial charge on any atom is 0.410 e. The molecule has 39 heavy (non-hydrogen) atoms. The fourth-order valence-corrected chi connectivity index (χ4v) is 4.43. The number of rotatable bonds is 6. The molecule has 0 aromatic heterocycles. The second-order valence-corrected chi connectivity index (χ2v) is 10.6. The van der Waals surface area contributed by atoms with E-state index >= 15 is 0 Å². The summed E-state index contributed by atoms with van der Waals surface area (Å²) in [4.78, 5) is 39.2. The van der Waals surface area contributed by atoms with Crippen LogP contribution in [0, 0.1) is 6.92 Å². The van der Waals surface area contributed by atoms with E-state index in [2.05, 4.69) is 5.32 Å². The van der Waals surface area contributed by atoms with Crippen LogP contribution in [0.25, 0.3) is 11.1 Å². The number of anilines is 1. The predicted molar refractivity (Wildman–Crippen MR) is 149 cm³/mol. The topological polar surface area (TPSA) is 105 Å². The lowest BCUT2D eigenvalue weighted by atomic mass is 10.0. The number of likely N-dealkylation sites (tertiary alicyclic amines) is 1. The lowest BCUT2D eigenvalue weighted by Gasteiger charge is -2.33. The zero-order valence-electron chi connectivity index (χ0n) is 22.7. The minimum Gasteiger partial charge on any atom is -0.490 e. The molecule has 1 saturated heterocycles. The van der Waals surface area contributed by atoms with Gasteiger partial charge >= 0.3 is 12.1 Å². The van der Waals surface area contributed by atoms with Crippen LogP contribution in [0.4, 0.5) is 10.5 Å². The molecule has 1 heterocycles. The fraction of sp³-hybridized carbons (Fsp3) is 0.323. The van der Waals surface area contributed by atoms with Crippen LogP contribution in [0.15, 0.2) is 66.7 Å². The number of carboxylic acids is 1. The van der Waals surface area contributed by atoms with E-state index in [1.165, 1.54) is 6.07 Å². The Morgan fingerprint density at radius 1 is 0.897 bits per heavy atom. The van der Waals surface area contributed by atoms with E-state index in [0.717, 1.165) is 16.7 Å². The summed E-state index contributed by atoms with van der Waals surface area (Å²) in [5, 5.41) is 12.5. The molecule has 4 rings (SSSR count). The maximum absolute atomic E-state index is 13.3. The van der Waals surface area contributed by atoms with Gasteiger partial charge in [-0.1, -0.05) is 42.5 Å². The van der Waals surface area contributed by atoms with E-state index in [4.69, 9.17) is 9.47 Å². The van der Waals surface area contributed by atoms with E-state index in [0.29, 0.717) is 37.2 Å². The standard InChI is InChI=1S/C31H34N2O6/c1-20-10-12-24(38-23-14-16-33(17-15-23)30(37)39-31(2,3)4)19-26(20)28(34)32-27-18-22(11-13-25(27)29(35)36)21-8-6-5-7-9-21/h5-13,18-19,23H,14-17H2,1-4H3,(H,32,34)(H,35,36). The third kappa shape index (κ3) is 7.16. The van der Waals surface area contributed by atoms with E-state index in [9.17, 15) is 19.5 Å². The van der Waals surface area contributed by atoms with Gasteiger partial charge in [-0.25, -0.2) is 9.59 Å². The number of carbonyl (C=O) groups is 3. The van der Waals surface area contributed by atoms with Gasteiger partial charge in [0.25, 0.3) is 5.91 Å². The smallest absolute Gasteiger partial charge is 0.410 e. The van der Waals surface area contributed by atoms with Crippen molar-refractivity contribution in [2.75, 3.05) is 18.4 Å². The number of ether oxygens (including phenoxy) is 2. The van der Waals surface area contributed by atoms with Gasteiger partial charge in [0.05, 0.1) is 11.3 Å². The van der Waals surface area contributed by atoms with E-state index < -0.39 is 17.5 Å². The summed E-state index contributed by atoms with van der Waals surface area (Å²) in [7, 11) is 0. The quantitative estimate of drug-likeness (QED) is 0.383. The molecule has 8 nitrogen and oxygen atoms in total. The van der Waals surface area contributed by atoms with Crippen molar-refractivity contribution in [3.8, 4) is 16.9 Å². The van der Waals surface area contributed by atoms with E-state index in [-0.39, 0.29) is 23.4 Å². The molecule has 0 saturated carbocycles. The van der Waals surface area contributed by atoms with Crippen LogP contribution in [-0.4, -0.2) is 52.8 Å². The van der Waals surface area contributed by atoms with E-state index in [1.807, 2.05) is 64.1 Å². The number of nitrogens with one attached hydrogen (secondary N) is 1. The van der Waals surface area contributed by atoms with Crippen molar-refractivity contribution in [2.24, 2.45) is 0 Å². The highest BCUT2D eigenvalue weighted by Gasteiger charge is 2.28. The second-order valence-electron chi connectivity index (χ2n) is 10.6. The van der Waals surface area contributed by atoms with Gasteiger partial charge in [0.15, 0.2) is 0 Å². The molecule has 3 aromatic rings. The fourth-order valence-electron chi connectivity index (χ4n) is 4.43. The minimum absolute atomic E-state index is 0.00448. The first-order valence-electron chi connectivity index (χ1n) is 13.0. The molecular weight excluding hydrogens is 496 g/mol. The number of aromatic carboxylic acids is 1. The summed E-state index contributed by atoms with van der Waals surface area (Å²) >= 11 is 0. The SMILES string of the molecule is Cc1ccc(OC2CCN(C(=O)OC(C)(C)C)CC2)cc1C(=O)Nc1cc(-c2ccccc2)ccc1C(=O)O. The Hall–Kier alpha value is -4.33. The highest BCUT2D eigenvalue weighted by molar-refractivity contribution is 6.09. The third-order valence-corrected chi connectivity index (χ3v) is 6.46. The molecule has 0 unspecified atom stereocenters. The predicted octanol–water partition coefficient (Wildman–Crippen LogP) is 6.39. The van der Waals surface area contributed by atoms with Crippen LogP contribution in [0.2, 0.25) is 0 Å². The Bertz CT molecular complexity index is 1360. The van der Waals surface area contributed by atoms with Crippen molar-refractivity contribution in [3.63, 3.8) is 0 Å². The summed E-state index contributed by atoms with van der Waals surface area (Å²) in [6.45, 7) is 8.39. The number of amides is 2. The number of aryl methyl sites for hydroxylation is 1. The van der Waals surface area contributed by atoms with Crippen molar-refractivity contribution in [3.05, 3.63) is 83.4 Å². The van der Waals surface area contributed by atoms with Crippen LogP contribution in [0.3, 0.4) is 0 Å². The maximum atomic E-state index is 13.3. The van der Waals surface area contributed by atoms with Crippen LogP contribution >= 0.6 is 0 Å². The van der Waals surface area contributed by atoms with Gasteiger partial charge in [-0.15, -0.1) is 0 Å². The molecule has 2 amide bonds. The molecule has 204 valence electrons. The third-order valence-electron chi connectivity index (χ3n) is 6.46. The molecule has 0 spiro atoms. The molecule has 2 N–H and O–H groups in total. The van der Waals surface area contributed by atoms with Crippen LogP contribution in [0.5, 0.6) is 5.75 Å². The number of piperidine rings is 1. The molecule has 0 radical (unpaired) electrons. The molecule has 1 aliphatic heterocycles. The van der Waals surface area contributed by atoms with Crippen LogP contribution < -0.4 is 10.1 Å². The largest absolute Gasteiger partial charge is 0.490 e. The van der Waals surface area contributed by atoms with Gasteiger partial charge in [-0.2, -0.15) is 0 Å². The van der Waals surface area contributed by atoms with Gasteiger partial charge in [0.1, 0.15) is 17.5 Å². The minimum atomic E-state index is -1.13. The van der Waals surface area contributed by atoms with Crippen LogP contribution in [0.1, 0.15) is 59.9 Å². The molecular formula is C31H34N2O6. The van der Waals surface area contributed by atoms with Gasteiger partial charge in [-0.3, -0.25) is 4.79 Å². The Morgan fingerprint density at radius 3 is 2.23 bits per heavy atom. The summed E-state index contributed by atoms with van der Waals surface area (Å²) < 4.78 is 11.6. The van der Waals surface area contributed by atoms with Crippen LogP contribution in [-0.2, 0) is 4.74 Å². The summed E-state index contributed by atoms with van der Waals surface area (Å²) in [6, 6.07) is 19.7. The Kier molecular flexibility index (Phi) is 8.24. The zero-order valence-corrected chi connectivity index (χ0v) is 22.7. The molecule has 0 atom stereocenters. The highest BCUT2D eigenvalue weighted by Crippen LogP contribution is 2.28. The molecule has 1 fully saturated rings. The van der Waals surface area contributed by atoms with Crippen molar-refractivity contribution in [1.82, 2.24) is 4.90 Å². The zero-order chi connectivity index (χ0) is 28.2. The first-order valence-corrected chi connectivity index (χ1v) is 13.0. The number of carboxylic acid groups (broad SMARTS) is 1. The van der Waals surface area contributed by atoms with Crippen molar-refractivity contribution in [2.45, 2.75) is 52.2 Å². The number of nitrogens with zero attached hydrogens (tertiary/aromatic N) is 1. The molecule has 0 aliphatic carbocycles. The second kappa shape index (κ2) is 11.6. The molecule has 8 heteroatoms. The van der Waals surface area contributed by atoms with Crippen molar-refractivity contribution >= 4 is 23.7 Å². The van der Waals surface area contributed by atoms with Gasteiger partial charge in [-0.05, 0) is 68.7 Å². The molecule has 3 aromatic carbocycles. The average molecular weight is 531 g/mol. The molecule has 1 aliphatic rings. The van der Waals surface area contributed by atoms with Gasteiger partial charge in [0.2, 0.25) is 0 Å². The monoisotopic (exact) mass is 530 g/mol. The number of hydrogen-bond acceptors (Lipinski definition) is 5. The highest BCUT2D eigenvalue weighted by atomic mass is 16.6. The summed E-state index contributed by atoms with van der Waals surface area (Å²) in [5.74, 6) is -1.01. The summed E-state index contributed by atoms with van der Waals surface area (Å²) in [6.07, 6.45) is 0.849. The average Bonchev–Trinajstić information content (AvgIpc) is 2.89. The normalized spacial score (nSPS) is 14.0.